The minimum atomic E-state index is -0.661. The van der Waals surface area contributed by atoms with Gasteiger partial charge in [-0.05, 0) is 30.3 Å². The fraction of sp³-hybridized carbons (Fsp3) is 0.0588. The molecular weight excluding hydrogens is 302 g/mol. The number of para-hydroxylation sites is 1. The monoisotopic (exact) mass is 313 g/mol. The molecule has 1 heterocycles. The maximum absolute atomic E-state index is 12.5. The molecule has 110 valence electrons. The van der Waals surface area contributed by atoms with Crippen LogP contribution in [0.15, 0.2) is 59.5 Å². The maximum atomic E-state index is 12.5. The number of methoxy groups -OCH3 is 1. The highest BCUT2D eigenvalue weighted by molar-refractivity contribution is 6.31. The van der Waals surface area contributed by atoms with Crippen LogP contribution >= 0.6 is 11.6 Å². The van der Waals surface area contributed by atoms with Gasteiger partial charge in [0.1, 0.15) is 5.56 Å². The third-order valence-corrected chi connectivity index (χ3v) is 3.64. The highest BCUT2D eigenvalue weighted by Gasteiger charge is 2.16. The van der Waals surface area contributed by atoms with E-state index in [0.717, 1.165) is 5.69 Å². The van der Waals surface area contributed by atoms with Crippen molar-refractivity contribution < 1.29 is 9.53 Å². The molecule has 0 unspecified atom stereocenters. The van der Waals surface area contributed by atoms with E-state index < -0.39 is 5.97 Å². The van der Waals surface area contributed by atoms with E-state index in [2.05, 4.69) is 0 Å². The number of aromatic nitrogens is 1. The zero-order valence-corrected chi connectivity index (χ0v) is 12.5. The number of benzene rings is 2. The number of fused-ring (bicyclic) bond motifs is 1. The Bertz CT molecular complexity index is 916. The van der Waals surface area contributed by atoms with Crippen LogP contribution in [-0.2, 0) is 4.74 Å². The molecule has 0 aliphatic carbocycles. The molecule has 0 bridgehead atoms. The summed E-state index contributed by atoms with van der Waals surface area (Å²) in [5.74, 6) is -0.661. The third kappa shape index (κ3) is 2.38. The molecule has 4 nitrogen and oxygen atoms in total. The van der Waals surface area contributed by atoms with Crippen LogP contribution in [0.4, 0.5) is 0 Å². The van der Waals surface area contributed by atoms with Crippen LogP contribution in [0.25, 0.3) is 16.6 Å². The number of carbonyl (C=O) groups excluding carboxylic acids is 1. The lowest BCUT2D eigenvalue weighted by Crippen LogP contribution is -2.19. The molecule has 1 aromatic heterocycles. The lowest BCUT2D eigenvalue weighted by Gasteiger charge is -2.13. The fourth-order valence-electron chi connectivity index (χ4n) is 2.36. The van der Waals surface area contributed by atoms with Gasteiger partial charge in [0.05, 0.1) is 12.6 Å². The number of esters is 1. The molecule has 0 amide bonds. The maximum Gasteiger partial charge on any atom is 0.343 e. The Labute approximate surface area is 131 Å². The Morgan fingerprint density at radius 2 is 1.86 bits per heavy atom. The van der Waals surface area contributed by atoms with E-state index in [0.29, 0.717) is 15.9 Å². The van der Waals surface area contributed by atoms with E-state index in [-0.39, 0.29) is 11.0 Å². The molecule has 0 saturated heterocycles. The zero-order valence-electron chi connectivity index (χ0n) is 11.7. The number of nitrogens with zero attached hydrogens (tertiary/aromatic N) is 1. The largest absolute Gasteiger partial charge is 0.465 e. The number of rotatable bonds is 2. The lowest BCUT2D eigenvalue weighted by molar-refractivity contribution is 0.0599. The Morgan fingerprint density at radius 1 is 1.14 bits per heavy atom. The SMILES string of the molecule is COC(=O)c1cn(-c2ccccc2)c2cc(Cl)ccc2c1=O. The summed E-state index contributed by atoms with van der Waals surface area (Å²) in [6.45, 7) is 0. The van der Waals surface area contributed by atoms with Crippen LogP contribution in [0.1, 0.15) is 10.4 Å². The van der Waals surface area contributed by atoms with E-state index in [1.807, 2.05) is 30.3 Å². The van der Waals surface area contributed by atoms with Gasteiger partial charge in [-0.3, -0.25) is 4.79 Å². The van der Waals surface area contributed by atoms with Crippen molar-refractivity contribution in [2.45, 2.75) is 0 Å². The standard InChI is InChI=1S/C17H12ClNO3/c1-22-17(21)14-10-19(12-5-3-2-4-6-12)15-9-11(18)7-8-13(15)16(14)20/h2-10H,1H3. The van der Waals surface area contributed by atoms with Gasteiger partial charge in [-0.2, -0.15) is 0 Å². The molecule has 5 heteroatoms. The first-order valence-corrected chi connectivity index (χ1v) is 6.98. The van der Waals surface area contributed by atoms with Gasteiger partial charge in [-0.15, -0.1) is 0 Å². The second-order valence-electron chi connectivity index (χ2n) is 4.73. The predicted molar refractivity (Wildman–Crippen MR) is 85.9 cm³/mol. The molecule has 0 aliphatic rings. The van der Waals surface area contributed by atoms with E-state index in [4.69, 9.17) is 16.3 Å². The summed E-state index contributed by atoms with van der Waals surface area (Å²) in [4.78, 5) is 24.3. The summed E-state index contributed by atoms with van der Waals surface area (Å²) >= 11 is 6.05. The summed E-state index contributed by atoms with van der Waals surface area (Å²) < 4.78 is 6.46. The highest BCUT2D eigenvalue weighted by Crippen LogP contribution is 2.21. The molecule has 0 fully saturated rings. The average Bonchev–Trinajstić information content (AvgIpc) is 2.55. The van der Waals surface area contributed by atoms with Gasteiger partial charge in [0, 0.05) is 22.3 Å². The summed E-state index contributed by atoms with van der Waals surface area (Å²) in [5, 5.41) is 0.929. The molecule has 22 heavy (non-hydrogen) atoms. The number of halogens is 1. The fourth-order valence-corrected chi connectivity index (χ4v) is 2.52. The summed E-state index contributed by atoms with van der Waals surface area (Å²) in [5.41, 5.74) is 1.07. The Morgan fingerprint density at radius 3 is 2.55 bits per heavy atom. The highest BCUT2D eigenvalue weighted by atomic mass is 35.5. The topological polar surface area (TPSA) is 48.3 Å². The summed E-state index contributed by atoms with van der Waals surface area (Å²) in [6, 6.07) is 14.4. The van der Waals surface area contributed by atoms with E-state index >= 15 is 0 Å². The third-order valence-electron chi connectivity index (χ3n) is 3.41. The van der Waals surface area contributed by atoms with Crippen molar-refractivity contribution >= 4 is 28.5 Å². The van der Waals surface area contributed by atoms with Crippen LogP contribution in [-0.4, -0.2) is 17.6 Å². The second-order valence-corrected chi connectivity index (χ2v) is 5.17. The zero-order chi connectivity index (χ0) is 15.7. The van der Waals surface area contributed by atoms with Gasteiger partial charge in [0.15, 0.2) is 0 Å². The van der Waals surface area contributed by atoms with E-state index in [9.17, 15) is 9.59 Å². The van der Waals surface area contributed by atoms with Gasteiger partial charge in [0.25, 0.3) is 0 Å². The average molecular weight is 314 g/mol. The van der Waals surface area contributed by atoms with Crippen molar-refractivity contribution in [2.24, 2.45) is 0 Å². The number of carbonyl (C=O) groups is 1. The molecule has 0 spiro atoms. The van der Waals surface area contributed by atoms with Crippen molar-refractivity contribution in [3.05, 3.63) is 75.5 Å². The van der Waals surface area contributed by atoms with Crippen molar-refractivity contribution in [2.75, 3.05) is 7.11 Å². The van der Waals surface area contributed by atoms with Gasteiger partial charge < -0.3 is 9.30 Å². The summed E-state index contributed by atoms with van der Waals surface area (Å²) in [7, 11) is 1.25. The number of pyridine rings is 1. The number of ether oxygens (including phenoxy) is 1. The number of hydrogen-bond donors (Lipinski definition) is 0. The molecule has 0 N–H and O–H groups in total. The molecule has 2 aromatic carbocycles. The van der Waals surface area contributed by atoms with Crippen LogP contribution in [0.5, 0.6) is 0 Å². The second kappa shape index (κ2) is 5.66. The van der Waals surface area contributed by atoms with Crippen LogP contribution in [0, 0.1) is 0 Å². The molecular formula is C17H12ClNO3. The van der Waals surface area contributed by atoms with E-state index in [1.165, 1.54) is 13.3 Å². The van der Waals surface area contributed by atoms with Gasteiger partial charge in [0.2, 0.25) is 5.43 Å². The molecule has 3 rings (SSSR count). The van der Waals surface area contributed by atoms with Crippen molar-refractivity contribution in [3.63, 3.8) is 0 Å². The summed E-state index contributed by atoms with van der Waals surface area (Å²) in [6.07, 6.45) is 1.49. The van der Waals surface area contributed by atoms with Gasteiger partial charge in [-0.1, -0.05) is 29.8 Å². The molecule has 0 aliphatic heterocycles. The quantitative estimate of drug-likeness (QED) is 0.681. The molecule has 0 radical (unpaired) electrons. The van der Waals surface area contributed by atoms with Crippen molar-refractivity contribution in [1.29, 1.82) is 0 Å². The minimum Gasteiger partial charge on any atom is -0.465 e. The van der Waals surface area contributed by atoms with Gasteiger partial charge in [-0.25, -0.2) is 4.79 Å². The van der Waals surface area contributed by atoms with Crippen molar-refractivity contribution in [1.82, 2.24) is 4.57 Å². The van der Waals surface area contributed by atoms with Gasteiger partial charge >= 0.3 is 5.97 Å². The first kappa shape index (κ1) is 14.4. The molecule has 3 aromatic rings. The van der Waals surface area contributed by atoms with Crippen LogP contribution < -0.4 is 5.43 Å². The molecule has 0 atom stereocenters. The van der Waals surface area contributed by atoms with E-state index in [1.54, 1.807) is 22.8 Å². The smallest absolute Gasteiger partial charge is 0.343 e. The Hall–Kier alpha value is -2.59. The normalized spacial score (nSPS) is 10.6. The first-order chi connectivity index (χ1) is 10.6. The number of hydrogen-bond acceptors (Lipinski definition) is 3. The Kier molecular flexibility index (Phi) is 3.69. The minimum absolute atomic E-state index is 0.0128. The van der Waals surface area contributed by atoms with Crippen LogP contribution in [0.2, 0.25) is 5.02 Å². The first-order valence-electron chi connectivity index (χ1n) is 6.60. The predicted octanol–water partition coefficient (Wildman–Crippen LogP) is 3.43. The van der Waals surface area contributed by atoms with Crippen molar-refractivity contribution in [3.8, 4) is 5.69 Å². The molecule has 0 saturated carbocycles. The Balaban J connectivity index is 2.43. The van der Waals surface area contributed by atoms with Crippen LogP contribution in [0.3, 0.4) is 0 Å². The lowest BCUT2D eigenvalue weighted by atomic mass is 10.1.